The second-order valence-corrected chi connectivity index (χ2v) is 6.40. The first-order valence-corrected chi connectivity index (χ1v) is 8.02. The van der Waals surface area contributed by atoms with Crippen LogP contribution in [0, 0.1) is 6.92 Å². The van der Waals surface area contributed by atoms with E-state index in [4.69, 9.17) is 4.74 Å². The van der Waals surface area contributed by atoms with Gasteiger partial charge in [-0.1, -0.05) is 0 Å². The van der Waals surface area contributed by atoms with Crippen molar-refractivity contribution >= 4 is 38.9 Å². The summed E-state index contributed by atoms with van der Waals surface area (Å²) < 4.78 is 8.05. The molecule has 8 heteroatoms. The predicted molar refractivity (Wildman–Crippen MR) is 91.8 cm³/mol. The number of nitrogens with zero attached hydrogens (tertiary/aromatic N) is 4. The van der Waals surface area contributed by atoms with Crippen molar-refractivity contribution in [1.82, 2.24) is 19.4 Å². The van der Waals surface area contributed by atoms with Crippen molar-refractivity contribution in [2.45, 2.75) is 6.92 Å². The van der Waals surface area contributed by atoms with Gasteiger partial charge in [0.15, 0.2) is 0 Å². The lowest BCUT2D eigenvalue weighted by Gasteiger charge is -2.09. The highest BCUT2D eigenvalue weighted by Crippen LogP contribution is 2.33. The number of benzene rings is 1. The molecule has 0 aliphatic rings. The average molecular weight is 339 g/mol. The molecule has 0 radical (unpaired) electrons. The number of methoxy groups -OCH3 is 1. The van der Waals surface area contributed by atoms with Gasteiger partial charge in [-0.05, 0) is 19.1 Å². The zero-order valence-electron chi connectivity index (χ0n) is 13.0. The fourth-order valence-electron chi connectivity index (χ4n) is 2.46. The zero-order chi connectivity index (χ0) is 16.7. The monoisotopic (exact) mass is 339 g/mol. The number of rotatable bonds is 3. The molecular formula is C16H13N5O2S. The Kier molecular flexibility index (Phi) is 3.39. The van der Waals surface area contributed by atoms with Crippen molar-refractivity contribution in [3.8, 4) is 5.75 Å². The van der Waals surface area contributed by atoms with E-state index in [1.54, 1.807) is 47.5 Å². The summed E-state index contributed by atoms with van der Waals surface area (Å²) in [6.07, 6.45) is 5.06. The third-order valence-corrected chi connectivity index (χ3v) is 4.47. The number of imidazole rings is 1. The number of carbonyl (C=O) groups excluding carboxylic acids is 1. The van der Waals surface area contributed by atoms with E-state index >= 15 is 0 Å². The molecule has 1 amide bonds. The van der Waals surface area contributed by atoms with Gasteiger partial charge in [0.05, 0.1) is 28.0 Å². The summed E-state index contributed by atoms with van der Waals surface area (Å²) in [6.45, 7) is 1.94. The molecular weight excluding hydrogens is 326 g/mol. The van der Waals surface area contributed by atoms with Gasteiger partial charge in [0, 0.05) is 24.7 Å². The topological polar surface area (TPSA) is 81.4 Å². The number of carbonyl (C=O) groups is 1. The normalized spacial score (nSPS) is 11.1. The molecule has 1 N–H and O–H groups in total. The average Bonchev–Trinajstić information content (AvgIpc) is 3.15. The van der Waals surface area contributed by atoms with Gasteiger partial charge in [-0.2, -0.15) is 0 Å². The first-order valence-electron chi connectivity index (χ1n) is 7.20. The molecule has 0 saturated carbocycles. The quantitative estimate of drug-likeness (QED) is 0.621. The molecule has 3 aromatic heterocycles. The Morgan fingerprint density at radius 3 is 3.00 bits per heavy atom. The van der Waals surface area contributed by atoms with Gasteiger partial charge < -0.3 is 10.1 Å². The Morgan fingerprint density at radius 2 is 2.21 bits per heavy atom. The molecule has 0 spiro atoms. The minimum atomic E-state index is -0.320. The Morgan fingerprint density at radius 1 is 1.33 bits per heavy atom. The van der Waals surface area contributed by atoms with Crippen molar-refractivity contribution in [3.63, 3.8) is 0 Å². The maximum Gasteiger partial charge on any atom is 0.276 e. The maximum absolute atomic E-state index is 12.5. The lowest BCUT2D eigenvalue weighted by Crippen LogP contribution is -2.13. The summed E-state index contributed by atoms with van der Waals surface area (Å²) in [4.78, 5) is 25.3. The highest BCUT2D eigenvalue weighted by atomic mass is 32.1. The number of hydrogen-bond acceptors (Lipinski definition) is 6. The lowest BCUT2D eigenvalue weighted by atomic mass is 10.2. The number of ether oxygens (including phenoxy) is 1. The largest absolute Gasteiger partial charge is 0.494 e. The predicted octanol–water partition coefficient (Wildman–Crippen LogP) is 2.91. The molecule has 24 heavy (non-hydrogen) atoms. The molecule has 0 atom stereocenters. The van der Waals surface area contributed by atoms with Crippen LogP contribution in [0.1, 0.15) is 15.5 Å². The Hall–Kier alpha value is -3.00. The fourth-order valence-corrected chi connectivity index (χ4v) is 3.31. The molecule has 7 nitrogen and oxygen atoms in total. The van der Waals surface area contributed by atoms with E-state index in [0.717, 1.165) is 15.2 Å². The summed E-state index contributed by atoms with van der Waals surface area (Å²) >= 11 is 1.56. The van der Waals surface area contributed by atoms with E-state index in [-0.39, 0.29) is 11.6 Å². The van der Waals surface area contributed by atoms with Crippen molar-refractivity contribution in [2.75, 3.05) is 12.4 Å². The highest BCUT2D eigenvalue weighted by Gasteiger charge is 2.15. The van der Waals surface area contributed by atoms with Crippen LogP contribution in [0.4, 0.5) is 5.69 Å². The molecule has 120 valence electrons. The van der Waals surface area contributed by atoms with E-state index in [2.05, 4.69) is 20.3 Å². The first kappa shape index (κ1) is 14.6. The van der Waals surface area contributed by atoms with Crippen molar-refractivity contribution in [1.29, 1.82) is 0 Å². The van der Waals surface area contributed by atoms with Crippen LogP contribution in [0.5, 0.6) is 5.75 Å². The maximum atomic E-state index is 12.5. The number of hydrogen-bond donors (Lipinski definition) is 1. The summed E-state index contributed by atoms with van der Waals surface area (Å²) in [5.74, 6) is 0.713. The molecule has 0 unspecified atom stereocenters. The second kappa shape index (κ2) is 5.57. The van der Waals surface area contributed by atoms with Crippen LogP contribution in [0.2, 0.25) is 0 Å². The van der Waals surface area contributed by atoms with Gasteiger partial charge in [-0.25, -0.2) is 15.0 Å². The van der Waals surface area contributed by atoms with Crippen LogP contribution in [-0.2, 0) is 0 Å². The number of aryl methyl sites for hydroxylation is 1. The van der Waals surface area contributed by atoms with Gasteiger partial charge in [0.25, 0.3) is 5.91 Å². The second-order valence-electron chi connectivity index (χ2n) is 5.16. The van der Waals surface area contributed by atoms with Crippen molar-refractivity contribution < 1.29 is 9.53 Å². The van der Waals surface area contributed by atoms with Crippen LogP contribution in [-0.4, -0.2) is 32.4 Å². The Balaban J connectivity index is 1.70. The minimum absolute atomic E-state index is 0.288. The molecule has 0 bridgehead atoms. The van der Waals surface area contributed by atoms with Gasteiger partial charge in [-0.15, -0.1) is 11.3 Å². The first-order chi connectivity index (χ1) is 11.6. The number of amides is 1. The van der Waals surface area contributed by atoms with E-state index in [9.17, 15) is 4.79 Å². The Bertz CT molecular complexity index is 1040. The van der Waals surface area contributed by atoms with Crippen molar-refractivity contribution in [3.05, 3.63) is 47.5 Å². The summed E-state index contributed by atoms with van der Waals surface area (Å²) in [6, 6.07) is 5.46. The smallest absolute Gasteiger partial charge is 0.276 e. The van der Waals surface area contributed by atoms with E-state index < -0.39 is 0 Å². The molecule has 0 fully saturated rings. The van der Waals surface area contributed by atoms with Gasteiger partial charge in [0.2, 0.25) is 5.78 Å². The number of aromatic nitrogens is 4. The number of thiazole rings is 1. The lowest BCUT2D eigenvalue weighted by molar-refractivity contribution is 0.102. The standard InChI is InChI=1S/C16H13N5O2S/c1-9-18-11-6-13(23-2)10(7-14(11)24-9)19-15(22)12-8-21-5-3-4-17-16(21)20-12/h3-8H,1-2H3,(H,19,22). The molecule has 0 aliphatic heterocycles. The van der Waals surface area contributed by atoms with Gasteiger partial charge >= 0.3 is 0 Å². The fraction of sp³-hybridized carbons (Fsp3) is 0.125. The highest BCUT2D eigenvalue weighted by molar-refractivity contribution is 7.18. The molecule has 4 aromatic rings. The van der Waals surface area contributed by atoms with Crippen LogP contribution in [0.25, 0.3) is 16.0 Å². The summed E-state index contributed by atoms with van der Waals surface area (Å²) in [7, 11) is 1.56. The summed E-state index contributed by atoms with van der Waals surface area (Å²) in [5, 5.41) is 3.81. The zero-order valence-corrected chi connectivity index (χ0v) is 13.8. The number of nitrogens with one attached hydrogen (secondary N) is 1. The molecule has 0 aliphatic carbocycles. The van der Waals surface area contributed by atoms with E-state index in [0.29, 0.717) is 17.2 Å². The molecule has 4 rings (SSSR count). The molecule has 3 heterocycles. The van der Waals surface area contributed by atoms with Gasteiger partial charge in [-0.3, -0.25) is 9.20 Å². The number of anilines is 1. The van der Waals surface area contributed by atoms with Crippen LogP contribution in [0.3, 0.4) is 0 Å². The Labute approximate surface area is 141 Å². The van der Waals surface area contributed by atoms with Crippen LogP contribution >= 0.6 is 11.3 Å². The SMILES string of the molecule is COc1cc2nc(C)sc2cc1NC(=O)c1cn2cccnc2n1. The van der Waals surface area contributed by atoms with E-state index in [1.165, 1.54) is 0 Å². The third-order valence-electron chi connectivity index (χ3n) is 3.53. The third kappa shape index (κ3) is 2.46. The van der Waals surface area contributed by atoms with Crippen molar-refractivity contribution in [2.24, 2.45) is 0 Å². The van der Waals surface area contributed by atoms with E-state index in [1.807, 2.05) is 19.1 Å². The number of fused-ring (bicyclic) bond motifs is 2. The van der Waals surface area contributed by atoms with Crippen LogP contribution < -0.4 is 10.1 Å². The molecule has 1 aromatic carbocycles. The van der Waals surface area contributed by atoms with Gasteiger partial charge in [0.1, 0.15) is 11.4 Å². The minimum Gasteiger partial charge on any atom is -0.494 e. The summed E-state index contributed by atoms with van der Waals surface area (Å²) in [5.41, 5.74) is 1.73. The molecule has 0 saturated heterocycles. The van der Waals surface area contributed by atoms with Crippen LogP contribution in [0.15, 0.2) is 36.8 Å².